The Labute approximate surface area is 103 Å². The number of esters is 1. The van der Waals surface area contributed by atoms with Gasteiger partial charge in [0, 0.05) is 5.56 Å². The van der Waals surface area contributed by atoms with Crippen LogP contribution in [0.1, 0.15) is 34.3 Å². The minimum absolute atomic E-state index is 0.0704. The minimum atomic E-state index is -1.17. The van der Waals surface area contributed by atoms with Gasteiger partial charge in [-0.1, -0.05) is 0 Å². The number of carbonyl (C=O) groups excluding carboxylic acids is 1. The van der Waals surface area contributed by atoms with Gasteiger partial charge < -0.3 is 9.84 Å². The first-order chi connectivity index (χ1) is 8.42. The van der Waals surface area contributed by atoms with Crippen molar-refractivity contribution in [3.8, 4) is 0 Å². The van der Waals surface area contributed by atoms with Crippen LogP contribution in [0.3, 0.4) is 0 Å². The summed E-state index contributed by atoms with van der Waals surface area (Å²) >= 11 is 0. The third kappa shape index (κ3) is 1.75. The quantitative estimate of drug-likeness (QED) is 0.836. The maximum atomic E-state index is 13.9. The molecule has 5 heteroatoms. The van der Waals surface area contributed by atoms with Gasteiger partial charge >= 0.3 is 11.9 Å². The van der Waals surface area contributed by atoms with E-state index in [1.807, 2.05) is 0 Å². The molecule has 1 aliphatic rings. The number of methoxy groups -OCH3 is 1. The predicted octanol–water partition coefficient (Wildman–Crippen LogP) is 2.04. The number of carboxylic acids is 1. The fraction of sp³-hybridized carbons (Fsp3) is 0.385. The zero-order valence-electron chi connectivity index (χ0n) is 10.1. The van der Waals surface area contributed by atoms with Gasteiger partial charge in [-0.15, -0.1) is 0 Å². The Bertz CT molecular complexity index is 532. The van der Waals surface area contributed by atoms with E-state index in [2.05, 4.69) is 4.74 Å². The average molecular weight is 252 g/mol. The van der Waals surface area contributed by atoms with E-state index in [9.17, 15) is 14.0 Å². The Balaban J connectivity index is 2.56. The largest absolute Gasteiger partial charge is 0.481 e. The lowest BCUT2D eigenvalue weighted by Gasteiger charge is -2.14. The highest BCUT2D eigenvalue weighted by Gasteiger charge is 2.53. The summed E-state index contributed by atoms with van der Waals surface area (Å²) in [6.07, 6.45) is 0.784. The molecule has 2 rings (SSSR count). The monoisotopic (exact) mass is 252 g/mol. The van der Waals surface area contributed by atoms with Crippen LogP contribution in [-0.2, 0) is 14.9 Å². The molecule has 1 aromatic carbocycles. The molecule has 0 spiro atoms. The van der Waals surface area contributed by atoms with Crippen LogP contribution in [0.5, 0.6) is 0 Å². The zero-order chi connectivity index (χ0) is 13.5. The molecular formula is C13H13FO4. The molecule has 18 heavy (non-hydrogen) atoms. The molecule has 0 heterocycles. The summed E-state index contributed by atoms with van der Waals surface area (Å²) in [6, 6.07) is 2.49. The highest BCUT2D eigenvalue weighted by Crippen LogP contribution is 2.49. The Morgan fingerprint density at radius 1 is 1.39 bits per heavy atom. The van der Waals surface area contributed by atoms with Crippen LogP contribution in [0.2, 0.25) is 0 Å². The van der Waals surface area contributed by atoms with Crippen molar-refractivity contribution in [1.82, 2.24) is 0 Å². The van der Waals surface area contributed by atoms with E-state index in [4.69, 9.17) is 5.11 Å². The van der Waals surface area contributed by atoms with Crippen molar-refractivity contribution in [3.63, 3.8) is 0 Å². The molecule has 0 saturated heterocycles. The Morgan fingerprint density at radius 2 is 2.00 bits per heavy atom. The number of carbonyl (C=O) groups is 2. The van der Waals surface area contributed by atoms with Crippen molar-refractivity contribution in [2.24, 2.45) is 0 Å². The molecule has 4 nitrogen and oxygen atoms in total. The van der Waals surface area contributed by atoms with Crippen LogP contribution in [0.25, 0.3) is 0 Å². The average Bonchev–Trinajstić information content (AvgIpc) is 3.09. The molecular weight excluding hydrogens is 239 g/mol. The third-order valence-electron chi connectivity index (χ3n) is 3.39. The first-order valence-electron chi connectivity index (χ1n) is 5.55. The van der Waals surface area contributed by atoms with Gasteiger partial charge in [0.15, 0.2) is 0 Å². The molecule has 1 fully saturated rings. The topological polar surface area (TPSA) is 63.6 Å². The second kappa shape index (κ2) is 4.08. The third-order valence-corrected chi connectivity index (χ3v) is 3.39. The molecule has 1 N–H and O–H groups in total. The number of aliphatic carboxylic acids is 1. The number of halogens is 1. The molecule has 0 radical (unpaired) electrons. The van der Waals surface area contributed by atoms with Crippen molar-refractivity contribution < 1.29 is 23.8 Å². The highest BCUT2D eigenvalue weighted by atomic mass is 19.1. The van der Waals surface area contributed by atoms with Crippen LogP contribution in [0.4, 0.5) is 4.39 Å². The van der Waals surface area contributed by atoms with Crippen molar-refractivity contribution in [1.29, 1.82) is 0 Å². The Kier molecular flexibility index (Phi) is 2.84. The van der Waals surface area contributed by atoms with Gasteiger partial charge in [-0.05, 0) is 37.5 Å². The van der Waals surface area contributed by atoms with E-state index in [0.717, 1.165) is 0 Å². The van der Waals surface area contributed by atoms with Crippen molar-refractivity contribution in [3.05, 3.63) is 34.6 Å². The van der Waals surface area contributed by atoms with Crippen molar-refractivity contribution in [2.75, 3.05) is 7.11 Å². The highest BCUT2D eigenvalue weighted by molar-refractivity contribution is 5.92. The standard InChI is InChI=1S/C13H13FO4/c1-7-5-10(14)9(6-8(7)11(15)18-2)13(3-4-13)12(16)17/h5-6H,3-4H2,1-2H3,(H,16,17). The Hall–Kier alpha value is -1.91. The number of ether oxygens (including phenoxy) is 1. The normalized spacial score (nSPS) is 16.2. The predicted molar refractivity (Wildman–Crippen MR) is 61.0 cm³/mol. The number of carboxylic acid groups (broad SMARTS) is 1. The number of rotatable bonds is 3. The van der Waals surface area contributed by atoms with E-state index >= 15 is 0 Å². The number of hydrogen-bond donors (Lipinski definition) is 1. The summed E-state index contributed by atoms with van der Waals surface area (Å²) in [7, 11) is 1.23. The number of aryl methyl sites for hydroxylation is 1. The molecule has 0 bridgehead atoms. The maximum absolute atomic E-state index is 13.9. The molecule has 0 aliphatic heterocycles. The zero-order valence-corrected chi connectivity index (χ0v) is 10.1. The summed E-state index contributed by atoms with van der Waals surface area (Å²) in [5, 5.41) is 9.15. The molecule has 1 saturated carbocycles. The van der Waals surface area contributed by atoms with Gasteiger partial charge in [-0.2, -0.15) is 0 Å². The van der Waals surface area contributed by atoms with Crippen LogP contribution in [-0.4, -0.2) is 24.2 Å². The smallest absolute Gasteiger partial charge is 0.338 e. The number of benzene rings is 1. The number of hydrogen-bond acceptors (Lipinski definition) is 3. The fourth-order valence-electron chi connectivity index (χ4n) is 2.09. The molecule has 1 aliphatic carbocycles. The maximum Gasteiger partial charge on any atom is 0.338 e. The summed E-state index contributed by atoms with van der Waals surface area (Å²) in [5.41, 5.74) is -0.452. The summed E-state index contributed by atoms with van der Waals surface area (Å²) in [4.78, 5) is 22.7. The minimum Gasteiger partial charge on any atom is -0.481 e. The SMILES string of the molecule is COC(=O)c1cc(C2(C(=O)O)CC2)c(F)cc1C. The lowest BCUT2D eigenvalue weighted by atomic mass is 9.92. The van der Waals surface area contributed by atoms with Gasteiger partial charge in [0.05, 0.1) is 18.1 Å². The van der Waals surface area contributed by atoms with Crippen LogP contribution < -0.4 is 0 Å². The van der Waals surface area contributed by atoms with Crippen LogP contribution in [0.15, 0.2) is 12.1 Å². The second-order valence-corrected chi connectivity index (χ2v) is 4.53. The van der Waals surface area contributed by atoms with Crippen LogP contribution in [0, 0.1) is 12.7 Å². The van der Waals surface area contributed by atoms with E-state index in [-0.39, 0.29) is 11.1 Å². The molecule has 0 unspecified atom stereocenters. The summed E-state index contributed by atoms with van der Waals surface area (Å²) < 4.78 is 18.5. The fourth-order valence-corrected chi connectivity index (χ4v) is 2.09. The lowest BCUT2D eigenvalue weighted by molar-refractivity contribution is -0.140. The van der Waals surface area contributed by atoms with Gasteiger partial charge in [0.25, 0.3) is 0 Å². The first kappa shape index (κ1) is 12.5. The lowest BCUT2D eigenvalue weighted by Crippen LogP contribution is -2.22. The molecule has 0 amide bonds. The molecule has 0 atom stereocenters. The first-order valence-corrected chi connectivity index (χ1v) is 5.55. The molecule has 96 valence electrons. The van der Waals surface area contributed by atoms with Crippen molar-refractivity contribution in [2.45, 2.75) is 25.2 Å². The summed E-state index contributed by atoms with van der Waals surface area (Å²) in [5.74, 6) is -2.23. The van der Waals surface area contributed by atoms with Gasteiger partial charge in [-0.3, -0.25) is 4.79 Å². The summed E-state index contributed by atoms with van der Waals surface area (Å²) in [6.45, 7) is 1.58. The van der Waals surface area contributed by atoms with Crippen LogP contribution >= 0.6 is 0 Å². The van der Waals surface area contributed by atoms with Gasteiger partial charge in [-0.25, -0.2) is 9.18 Å². The molecule has 1 aromatic rings. The van der Waals surface area contributed by atoms with E-state index in [0.29, 0.717) is 18.4 Å². The van der Waals surface area contributed by atoms with E-state index in [1.54, 1.807) is 6.92 Å². The van der Waals surface area contributed by atoms with Gasteiger partial charge in [0.1, 0.15) is 5.82 Å². The molecule has 0 aromatic heterocycles. The van der Waals surface area contributed by atoms with E-state index < -0.39 is 23.2 Å². The second-order valence-electron chi connectivity index (χ2n) is 4.53. The van der Waals surface area contributed by atoms with Gasteiger partial charge in [0.2, 0.25) is 0 Å². The Morgan fingerprint density at radius 3 is 2.44 bits per heavy atom. The van der Waals surface area contributed by atoms with E-state index in [1.165, 1.54) is 19.2 Å². The van der Waals surface area contributed by atoms with Crippen molar-refractivity contribution >= 4 is 11.9 Å².